The molecule has 20 heavy (non-hydrogen) atoms. The minimum atomic E-state index is -0.992. The molecule has 0 bridgehead atoms. The van der Waals surface area contributed by atoms with Gasteiger partial charge in [-0.3, -0.25) is 4.79 Å². The van der Waals surface area contributed by atoms with Gasteiger partial charge in [-0.15, -0.1) is 0 Å². The second kappa shape index (κ2) is 5.23. The fraction of sp³-hybridized carbons (Fsp3) is 0.533. The first kappa shape index (κ1) is 13.1. The van der Waals surface area contributed by atoms with E-state index in [1.807, 2.05) is 11.0 Å². The number of carboxylic acid groups (broad SMARTS) is 1. The number of amides is 1. The van der Waals surface area contributed by atoms with Crippen LogP contribution < -0.4 is 0 Å². The molecule has 0 unspecified atom stereocenters. The largest absolute Gasteiger partial charge is 0.477 e. The average molecular weight is 274 g/mol. The third-order valence-corrected chi connectivity index (χ3v) is 4.21. The highest BCUT2D eigenvalue weighted by molar-refractivity contribution is 5.85. The molecule has 1 saturated heterocycles. The van der Waals surface area contributed by atoms with Crippen molar-refractivity contribution in [2.45, 2.75) is 31.6 Å². The number of nitrogens with zero attached hydrogens (tertiary/aromatic N) is 2. The van der Waals surface area contributed by atoms with Crippen LogP contribution in [0.25, 0.3) is 0 Å². The summed E-state index contributed by atoms with van der Waals surface area (Å²) in [5.41, 5.74) is 1.12. The standard InChI is InChI=1S/C15H18N2O3/c18-14(11-1-2-11)17-7-4-10(5-8-17)12-3-6-16-13(9-12)15(19)20/h3,6,9-11H,1-2,4-5,7-8H2,(H,19,20). The van der Waals surface area contributed by atoms with Crippen LogP contribution in [0.1, 0.15) is 47.7 Å². The summed E-state index contributed by atoms with van der Waals surface area (Å²) in [6.45, 7) is 1.56. The normalized spacial score (nSPS) is 19.9. The van der Waals surface area contributed by atoms with Crippen LogP contribution in [0.4, 0.5) is 0 Å². The van der Waals surface area contributed by atoms with E-state index in [0.717, 1.165) is 44.3 Å². The van der Waals surface area contributed by atoms with Crippen molar-refractivity contribution < 1.29 is 14.7 Å². The van der Waals surface area contributed by atoms with Gasteiger partial charge in [0.05, 0.1) is 0 Å². The number of rotatable bonds is 3. The van der Waals surface area contributed by atoms with Crippen molar-refractivity contribution in [3.8, 4) is 0 Å². The van der Waals surface area contributed by atoms with Crippen molar-refractivity contribution in [2.75, 3.05) is 13.1 Å². The smallest absolute Gasteiger partial charge is 0.354 e. The maximum atomic E-state index is 12.0. The second-order valence-corrected chi connectivity index (χ2v) is 5.65. The molecular formula is C15H18N2O3. The Bertz CT molecular complexity index is 532. The summed E-state index contributed by atoms with van der Waals surface area (Å²) >= 11 is 0. The minimum Gasteiger partial charge on any atom is -0.477 e. The molecule has 1 amide bonds. The van der Waals surface area contributed by atoms with Crippen LogP contribution in [0, 0.1) is 5.92 Å². The van der Waals surface area contributed by atoms with Gasteiger partial charge in [-0.25, -0.2) is 9.78 Å². The monoisotopic (exact) mass is 274 g/mol. The van der Waals surface area contributed by atoms with Crippen LogP contribution in [0.2, 0.25) is 0 Å². The average Bonchev–Trinajstić information content (AvgIpc) is 3.31. The highest BCUT2D eigenvalue weighted by Crippen LogP contribution is 2.34. The molecule has 2 heterocycles. The first-order chi connectivity index (χ1) is 9.65. The van der Waals surface area contributed by atoms with E-state index in [1.165, 1.54) is 0 Å². The molecule has 1 saturated carbocycles. The lowest BCUT2D eigenvalue weighted by atomic mass is 9.89. The molecule has 5 nitrogen and oxygen atoms in total. The molecule has 1 N–H and O–H groups in total. The van der Waals surface area contributed by atoms with E-state index in [9.17, 15) is 9.59 Å². The molecule has 2 fully saturated rings. The number of piperidine rings is 1. The van der Waals surface area contributed by atoms with Gasteiger partial charge >= 0.3 is 5.97 Å². The van der Waals surface area contributed by atoms with Crippen LogP contribution in [-0.2, 0) is 4.79 Å². The summed E-state index contributed by atoms with van der Waals surface area (Å²) in [6.07, 6.45) is 5.46. The third kappa shape index (κ3) is 2.66. The van der Waals surface area contributed by atoms with Crippen LogP contribution in [0.15, 0.2) is 18.3 Å². The molecule has 106 valence electrons. The topological polar surface area (TPSA) is 70.5 Å². The highest BCUT2D eigenvalue weighted by atomic mass is 16.4. The maximum Gasteiger partial charge on any atom is 0.354 e. The van der Waals surface area contributed by atoms with Crippen molar-refractivity contribution in [1.82, 2.24) is 9.88 Å². The number of aromatic carboxylic acids is 1. The van der Waals surface area contributed by atoms with Gasteiger partial charge < -0.3 is 10.0 Å². The van der Waals surface area contributed by atoms with Crippen molar-refractivity contribution >= 4 is 11.9 Å². The summed E-state index contributed by atoms with van der Waals surface area (Å²) in [4.78, 5) is 28.7. The summed E-state index contributed by atoms with van der Waals surface area (Å²) in [5, 5.41) is 8.98. The lowest BCUT2D eigenvalue weighted by Gasteiger charge is -2.32. The van der Waals surface area contributed by atoms with Crippen molar-refractivity contribution in [2.24, 2.45) is 5.92 Å². The zero-order chi connectivity index (χ0) is 14.1. The Hall–Kier alpha value is -1.91. The van der Waals surface area contributed by atoms with Gasteiger partial charge in [0.25, 0.3) is 0 Å². The van der Waals surface area contributed by atoms with Gasteiger partial charge in [0, 0.05) is 25.2 Å². The number of carboxylic acids is 1. The number of likely N-dealkylation sites (tertiary alicyclic amines) is 1. The molecule has 0 aromatic carbocycles. The Morgan fingerprint density at radius 1 is 1.20 bits per heavy atom. The number of pyridine rings is 1. The Kier molecular flexibility index (Phi) is 3.42. The SMILES string of the molecule is O=C(O)c1cc(C2CCN(C(=O)C3CC3)CC2)ccn1. The van der Waals surface area contributed by atoms with Crippen LogP contribution in [0.3, 0.4) is 0 Å². The molecule has 0 atom stereocenters. The molecule has 1 aromatic heterocycles. The van der Waals surface area contributed by atoms with Crippen molar-refractivity contribution in [1.29, 1.82) is 0 Å². The lowest BCUT2D eigenvalue weighted by Crippen LogP contribution is -2.38. The zero-order valence-electron chi connectivity index (χ0n) is 11.3. The van der Waals surface area contributed by atoms with E-state index in [0.29, 0.717) is 11.8 Å². The molecule has 3 rings (SSSR count). The van der Waals surface area contributed by atoms with E-state index in [4.69, 9.17) is 5.11 Å². The molecule has 0 radical (unpaired) electrons. The molecule has 0 spiro atoms. The quantitative estimate of drug-likeness (QED) is 0.913. The molecule has 2 aliphatic rings. The Morgan fingerprint density at radius 3 is 2.50 bits per heavy atom. The highest BCUT2D eigenvalue weighted by Gasteiger charge is 2.35. The predicted molar refractivity (Wildman–Crippen MR) is 72.5 cm³/mol. The number of hydrogen-bond donors (Lipinski definition) is 1. The fourth-order valence-electron chi connectivity index (χ4n) is 2.84. The first-order valence-corrected chi connectivity index (χ1v) is 7.13. The summed E-state index contributed by atoms with van der Waals surface area (Å²) in [5.74, 6) is -0.0666. The second-order valence-electron chi connectivity index (χ2n) is 5.65. The summed E-state index contributed by atoms with van der Waals surface area (Å²) in [6, 6.07) is 3.54. The van der Waals surface area contributed by atoms with Gasteiger partial charge in [-0.05, 0) is 49.3 Å². The molecule has 1 aromatic rings. The van der Waals surface area contributed by atoms with Gasteiger partial charge in [-0.2, -0.15) is 0 Å². The van der Waals surface area contributed by atoms with E-state index < -0.39 is 5.97 Å². The number of hydrogen-bond acceptors (Lipinski definition) is 3. The van der Waals surface area contributed by atoms with Gasteiger partial charge in [-0.1, -0.05) is 0 Å². The molecule has 1 aliphatic carbocycles. The first-order valence-electron chi connectivity index (χ1n) is 7.13. The Morgan fingerprint density at radius 2 is 1.90 bits per heavy atom. The number of aromatic nitrogens is 1. The number of carbonyl (C=O) groups excluding carboxylic acids is 1. The van der Waals surface area contributed by atoms with Gasteiger partial charge in [0.15, 0.2) is 0 Å². The lowest BCUT2D eigenvalue weighted by molar-refractivity contribution is -0.133. The van der Waals surface area contributed by atoms with Crippen LogP contribution >= 0.6 is 0 Å². The third-order valence-electron chi connectivity index (χ3n) is 4.21. The van der Waals surface area contributed by atoms with E-state index in [-0.39, 0.29) is 11.6 Å². The van der Waals surface area contributed by atoms with Crippen molar-refractivity contribution in [3.05, 3.63) is 29.6 Å². The van der Waals surface area contributed by atoms with E-state index in [1.54, 1.807) is 12.3 Å². The predicted octanol–water partition coefficient (Wildman–Crippen LogP) is 1.90. The molecular weight excluding hydrogens is 256 g/mol. The Balaban J connectivity index is 1.64. The van der Waals surface area contributed by atoms with E-state index >= 15 is 0 Å². The fourth-order valence-corrected chi connectivity index (χ4v) is 2.84. The minimum absolute atomic E-state index is 0.0963. The van der Waals surface area contributed by atoms with Crippen molar-refractivity contribution in [3.63, 3.8) is 0 Å². The Labute approximate surface area is 117 Å². The van der Waals surface area contributed by atoms with Gasteiger partial charge in [0.2, 0.25) is 5.91 Å². The summed E-state index contributed by atoms with van der Waals surface area (Å²) < 4.78 is 0. The summed E-state index contributed by atoms with van der Waals surface area (Å²) in [7, 11) is 0. The van der Waals surface area contributed by atoms with Crippen LogP contribution in [-0.4, -0.2) is 40.0 Å². The van der Waals surface area contributed by atoms with Crippen LogP contribution in [0.5, 0.6) is 0 Å². The zero-order valence-corrected chi connectivity index (χ0v) is 11.3. The molecule has 1 aliphatic heterocycles. The van der Waals surface area contributed by atoms with Gasteiger partial charge in [0.1, 0.15) is 5.69 Å². The van der Waals surface area contributed by atoms with E-state index in [2.05, 4.69) is 4.98 Å². The maximum absolute atomic E-state index is 12.0. The molecule has 5 heteroatoms. The number of carbonyl (C=O) groups is 2.